The molecule has 0 saturated carbocycles. The van der Waals surface area contributed by atoms with Crippen molar-refractivity contribution in [2.75, 3.05) is 12.0 Å². The molecule has 22 heavy (non-hydrogen) atoms. The maximum atomic E-state index is 12.7. The summed E-state index contributed by atoms with van der Waals surface area (Å²) in [6, 6.07) is 1.61. The van der Waals surface area contributed by atoms with Gasteiger partial charge < -0.3 is 4.74 Å². The van der Waals surface area contributed by atoms with Crippen LogP contribution in [0.25, 0.3) is 0 Å². The van der Waals surface area contributed by atoms with Crippen LogP contribution < -0.4 is 10.9 Å². The van der Waals surface area contributed by atoms with E-state index >= 15 is 0 Å². The van der Waals surface area contributed by atoms with E-state index in [2.05, 4.69) is 15.8 Å². The van der Waals surface area contributed by atoms with Gasteiger partial charge >= 0.3 is 12.1 Å². The summed E-state index contributed by atoms with van der Waals surface area (Å²) in [6.07, 6.45) is -4.67. The van der Waals surface area contributed by atoms with E-state index in [1.165, 1.54) is 0 Å². The van der Waals surface area contributed by atoms with Gasteiger partial charge in [-0.05, 0) is 19.1 Å². The highest BCUT2D eigenvalue weighted by molar-refractivity contribution is 5.95. The molecule has 9 heteroatoms. The zero-order valence-corrected chi connectivity index (χ0v) is 12.2. The molecule has 0 fully saturated rings. The van der Waals surface area contributed by atoms with Crippen LogP contribution >= 0.6 is 0 Å². The highest BCUT2D eigenvalue weighted by Crippen LogP contribution is 2.29. The van der Waals surface area contributed by atoms with Crippen molar-refractivity contribution in [1.29, 1.82) is 0 Å². The number of carbonyl (C=O) groups excluding carboxylic acids is 2. The minimum Gasteiger partial charge on any atom is -0.462 e. The molecule has 0 aliphatic carbocycles. The normalized spacial score (nSPS) is 11.2. The van der Waals surface area contributed by atoms with Gasteiger partial charge in [0, 0.05) is 5.92 Å². The van der Waals surface area contributed by atoms with E-state index in [1.54, 1.807) is 20.8 Å². The number of ether oxygens (including phenoxy) is 1. The van der Waals surface area contributed by atoms with Crippen molar-refractivity contribution in [2.24, 2.45) is 5.92 Å². The van der Waals surface area contributed by atoms with Crippen LogP contribution in [0.3, 0.4) is 0 Å². The standard InChI is InChI=1S/C13H16F3N3O3/c1-4-22-12(21)8-5-6-9(13(14,15)16)17-10(8)18-19-11(20)7(2)3/h5-7H,4H2,1-3H3,(H,17,18)(H,19,20). The second-order valence-corrected chi connectivity index (χ2v) is 4.58. The van der Waals surface area contributed by atoms with Gasteiger partial charge in [0.2, 0.25) is 5.91 Å². The average Bonchev–Trinajstić information content (AvgIpc) is 2.43. The molecule has 1 heterocycles. The number of anilines is 1. The Labute approximate surface area is 125 Å². The molecule has 1 aromatic rings. The highest BCUT2D eigenvalue weighted by atomic mass is 19.4. The zero-order chi connectivity index (χ0) is 16.9. The lowest BCUT2D eigenvalue weighted by Gasteiger charge is -2.14. The van der Waals surface area contributed by atoms with Crippen LogP contribution in [0, 0.1) is 5.92 Å². The molecular formula is C13H16F3N3O3. The molecule has 0 atom stereocenters. The molecule has 2 N–H and O–H groups in total. The van der Waals surface area contributed by atoms with Crippen LogP contribution in [-0.2, 0) is 15.7 Å². The highest BCUT2D eigenvalue weighted by Gasteiger charge is 2.33. The Kier molecular flexibility index (Phi) is 5.72. The van der Waals surface area contributed by atoms with Crippen molar-refractivity contribution in [3.63, 3.8) is 0 Å². The van der Waals surface area contributed by atoms with Gasteiger partial charge in [-0.3, -0.25) is 15.6 Å². The minimum absolute atomic E-state index is 0.0532. The molecule has 122 valence electrons. The first-order valence-electron chi connectivity index (χ1n) is 6.48. The average molecular weight is 319 g/mol. The molecule has 1 amide bonds. The third-order valence-corrected chi connectivity index (χ3v) is 2.51. The predicted molar refractivity (Wildman–Crippen MR) is 71.8 cm³/mol. The Hall–Kier alpha value is -2.32. The van der Waals surface area contributed by atoms with Crippen molar-refractivity contribution >= 4 is 17.7 Å². The largest absolute Gasteiger partial charge is 0.462 e. The SMILES string of the molecule is CCOC(=O)c1ccc(C(F)(F)F)nc1NNC(=O)C(C)C. The predicted octanol–water partition coefficient (Wildman–Crippen LogP) is 2.38. The Morgan fingerprint density at radius 2 is 1.95 bits per heavy atom. The van der Waals surface area contributed by atoms with Gasteiger partial charge in [-0.2, -0.15) is 13.2 Å². The minimum atomic E-state index is -4.67. The van der Waals surface area contributed by atoms with E-state index in [0.717, 1.165) is 6.07 Å². The number of nitrogens with zero attached hydrogens (tertiary/aromatic N) is 1. The Bertz CT molecular complexity index is 559. The number of esters is 1. The Morgan fingerprint density at radius 3 is 2.45 bits per heavy atom. The van der Waals surface area contributed by atoms with Gasteiger partial charge in [-0.15, -0.1) is 0 Å². The summed E-state index contributed by atoms with van der Waals surface area (Å²) in [5.74, 6) is -2.13. The molecular weight excluding hydrogens is 303 g/mol. The first kappa shape index (κ1) is 17.7. The number of alkyl halides is 3. The number of hydrogen-bond acceptors (Lipinski definition) is 5. The lowest BCUT2D eigenvalue weighted by Crippen LogP contribution is -2.34. The summed E-state index contributed by atoms with van der Waals surface area (Å²) in [7, 11) is 0. The van der Waals surface area contributed by atoms with E-state index in [0.29, 0.717) is 6.07 Å². The molecule has 0 unspecified atom stereocenters. The van der Waals surface area contributed by atoms with Crippen LogP contribution in [0.15, 0.2) is 12.1 Å². The van der Waals surface area contributed by atoms with Crippen molar-refractivity contribution in [1.82, 2.24) is 10.4 Å². The van der Waals surface area contributed by atoms with Gasteiger partial charge in [-0.1, -0.05) is 13.8 Å². The molecule has 6 nitrogen and oxygen atoms in total. The van der Waals surface area contributed by atoms with Crippen LogP contribution in [0.1, 0.15) is 36.8 Å². The lowest BCUT2D eigenvalue weighted by atomic mass is 10.2. The summed E-state index contributed by atoms with van der Waals surface area (Å²) >= 11 is 0. The molecule has 0 bridgehead atoms. The van der Waals surface area contributed by atoms with Crippen LogP contribution in [0.5, 0.6) is 0 Å². The summed E-state index contributed by atoms with van der Waals surface area (Å²) in [6.45, 7) is 4.81. The number of carbonyl (C=O) groups is 2. The van der Waals surface area contributed by atoms with E-state index in [1.807, 2.05) is 0 Å². The smallest absolute Gasteiger partial charge is 0.433 e. The lowest BCUT2D eigenvalue weighted by molar-refractivity contribution is -0.141. The second-order valence-electron chi connectivity index (χ2n) is 4.58. The number of rotatable bonds is 5. The van der Waals surface area contributed by atoms with Gasteiger partial charge in [0.1, 0.15) is 11.3 Å². The van der Waals surface area contributed by atoms with Crippen LogP contribution in [-0.4, -0.2) is 23.5 Å². The summed E-state index contributed by atoms with van der Waals surface area (Å²) in [4.78, 5) is 26.5. The van der Waals surface area contributed by atoms with Crippen molar-refractivity contribution in [3.05, 3.63) is 23.4 Å². The number of aromatic nitrogens is 1. The molecule has 0 aromatic carbocycles. The molecule has 0 aliphatic rings. The Morgan fingerprint density at radius 1 is 1.32 bits per heavy atom. The van der Waals surface area contributed by atoms with E-state index < -0.39 is 35.5 Å². The summed E-state index contributed by atoms with van der Waals surface area (Å²) < 4.78 is 42.8. The maximum absolute atomic E-state index is 12.7. The van der Waals surface area contributed by atoms with Gasteiger partial charge in [0.05, 0.1) is 6.61 Å². The molecule has 1 aromatic heterocycles. The number of amides is 1. The summed E-state index contributed by atoms with van der Waals surface area (Å²) in [5, 5.41) is 0. The van der Waals surface area contributed by atoms with Crippen molar-refractivity contribution < 1.29 is 27.5 Å². The number of nitrogens with one attached hydrogen (secondary N) is 2. The number of pyridine rings is 1. The molecule has 0 spiro atoms. The number of halogens is 3. The molecule has 1 rings (SSSR count). The molecule has 0 radical (unpaired) electrons. The van der Waals surface area contributed by atoms with Crippen molar-refractivity contribution in [2.45, 2.75) is 26.9 Å². The van der Waals surface area contributed by atoms with E-state index in [9.17, 15) is 22.8 Å². The second kappa shape index (κ2) is 7.10. The van der Waals surface area contributed by atoms with E-state index in [-0.39, 0.29) is 12.2 Å². The van der Waals surface area contributed by atoms with Crippen LogP contribution in [0.2, 0.25) is 0 Å². The Balaban J connectivity index is 3.11. The summed E-state index contributed by atoms with van der Waals surface area (Å²) in [5.41, 5.74) is 3.02. The van der Waals surface area contributed by atoms with Crippen molar-refractivity contribution in [3.8, 4) is 0 Å². The topological polar surface area (TPSA) is 80.3 Å². The molecule has 0 aliphatic heterocycles. The first-order valence-corrected chi connectivity index (χ1v) is 6.48. The number of hydrogen-bond donors (Lipinski definition) is 2. The van der Waals surface area contributed by atoms with Gasteiger partial charge in [0.15, 0.2) is 5.82 Å². The monoisotopic (exact) mass is 319 g/mol. The number of hydrazine groups is 1. The fourth-order valence-electron chi connectivity index (χ4n) is 1.35. The van der Waals surface area contributed by atoms with Gasteiger partial charge in [0.25, 0.3) is 0 Å². The third kappa shape index (κ3) is 4.61. The fraction of sp³-hybridized carbons (Fsp3) is 0.462. The zero-order valence-electron chi connectivity index (χ0n) is 12.2. The first-order chi connectivity index (χ1) is 10.2. The maximum Gasteiger partial charge on any atom is 0.433 e. The van der Waals surface area contributed by atoms with Crippen LogP contribution in [0.4, 0.5) is 19.0 Å². The third-order valence-electron chi connectivity index (χ3n) is 2.51. The van der Waals surface area contributed by atoms with Gasteiger partial charge in [-0.25, -0.2) is 9.78 Å². The molecule has 0 saturated heterocycles. The van der Waals surface area contributed by atoms with E-state index in [4.69, 9.17) is 4.74 Å². The fourth-order valence-corrected chi connectivity index (χ4v) is 1.35. The quantitative estimate of drug-likeness (QED) is 0.643.